The molecule has 2 fully saturated rings. The number of methoxy groups -OCH3 is 1. The molecule has 4 nitrogen and oxygen atoms in total. The van der Waals surface area contributed by atoms with Crippen LogP contribution < -0.4 is 10.1 Å². The fourth-order valence-electron chi connectivity index (χ4n) is 3.28. The summed E-state index contributed by atoms with van der Waals surface area (Å²) in [5.74, 6) is 3.46. The standard InChI is InChI=1S/C17H25N3OS2/c1-21-16-5-3-2-4-15(16)18-17(22)20-10-8-19(9-11-20)14-6-12-23-13-7-14/h2-5,14H,6-13H2,1H3,(H,18,22). The van der Waals surface area contributed by atoms with Crippen molar-refractivity contribution in [3.8, 4) is 5.75 Å². The maximum Gasteiger partial charge on any atom is 0.173 e. The number of nitrogens with zero attached hydrogens (tertiary/aromatic N) is 2. The van der Waals surface area contributed by atoms with Crippen molar-refractivity contribution in [2.45, 2.75) is 18.9 Å². The molecule has 0 saturated carbocycles. The van der Waals surface area contributed by atoms with E-state index in [9.17, 15) is 0 Å². The second kappa shape index (κ2) is 8.22. The van der Waals surface area contributed by atoms with E-state index in [4.69, 9.17) is 17.0 Å². The molecule has 126 valence electrons. The van der Waals surface area contributed by atoms with Crippen LogP contribution in [0.1, 0.15) is 12.8 Å². The molecule has 2 aliphatic heterocycles. The summed E-state index contributed by atoms with van der Waals surface area (Å²) < 4.78 is 5.38. The fourth-order valence-corrected chi connectivity index (χ4v) is 4.66. The molecule has 3 rings (SSSR count). The van der Waals surface area contributed by atoms with Crippen LogP contribution in [0.15, 0.2) is 24.3 Å². The van der Waals surface area contributed by atoms with Crippen molar-refractivity contribution in [2.75, 3.05) is 50.1 Å². The third-order valence-electron chi connectivity index (χ3n) is 4.66. The van der Waals surface area contributed by atoms with E-state index in [2.05, 4.69) is 26.9 Å². The largest absolute Gasteiger partial charge is 0.495 e. The first-order valence-electron chi connectivity index (χ1n) is 8.28. The number of ether oxygens (including phenoxy) is 1. The number of para-hydroxylation sites is 2. The summed E-state index contributed by atoms with van der Waals surface area (Å²) in [6.45, 7) is 4.24. The van der Waals surface area contributed by atoms with Crippen LogP contribution in [0, 0.1) is 0 Å². The van der Waals surface area contributed by atoms with Crippen LogP contribution in [0.5, 0.6) is 5.75 Å². The maximum absolute atomic E-state index is 5.60. The quantitative estimate of drug-likeness (QED) is 0.842. The maximum atomic E-state index is 5.60. The number of anilines is 1. The predicted octanol–water partition coefficient (Wildman–Crippen LogP) is 2.91. The highest BCUT2D eigenvalue weighted by Crippen LogP contribution is 2.25. The molecule has 1 aromatic rings. The lowest BCUT2D eigenvalue weighted by Gasteiger charge is -2.41. The first-order valence-corrected chi connectivity index (χ1v) is 9.85. The Morgan fingerprint density at radius 2 is 1.87 bits per heavy atom. The van der Waals surface area contributed by atoms with E-state index in [1.165, 1.54) is 24.3 Å². The molecular weight excluding hydrogens is 326 g/mol. The molecule has 23 heavy (non-hydrogen) atoms. The number of hydrogen-bond acceptors (Lipinski definition) is 4. The van der Waals surface area contributed by atoms with Crippen molar-refractivity contribution in [3.63, 3.8) is 0 Å². The average molecular weight is 352 g/mol. The van der Waals surface area contributed by atoms with Crippen molar-refractivity contribution in [3.05, 3.63) is 24.3 Å². The van der Waals surface area contributed by atoms with Crippen molar-refractivity contribution < 1.29 is 4.74 Å². The molecular formula is C17H25N3OS2. The van der Waals surface area contributed by atoms with E-state index in [1.54, 1.807) is 7.11 Å². The van der Waals surface area contributed by atoms with Gasteiger partial charge in [0.2, 0.25) is 0 Å². The summed E-state index contributed by atoms with van der Waals surface area (Å²) in [6, 6.07) is 8.69. The van der Waals surface area contributed by atoms with Gasteiger partial charge in [-0.05, 0) is 48.7 Å². The van der Waals surface area contributed by atoms with Gasteiger partial charge < -0.3 is 15.0 Å². The minimum Gasteiger partial charge on any atom is -0.495 e. The number of thiocarbonyl (C=S) groups is 1. The Labute approximate surface area is 148 Å². The molecule has 0 atom stereocenters. The van der Waals surface area contributed by atoms with E-state index in [0.29, 0.717) is 0 Å². The molecule has 2 aliphatic rings. The third-order valence-corrected chi connectivity index (χ3v) is 6.07. The minimum atomic E-state index is 0.786. The highest BCUT2D eigenvalue weighted by atomic mass is 32.2. The Bertz CT molecular complexity index is 526. The predicted molar refractivity (Wildman–Crippen MR) is 103 cm³/mol. The number of thioether (sulfide) groups is 1. The summed E-state index contributed by atoms with van der Waals surface area (Å²) in [5, 5.41) is 4.14. The molecule has 6 heteroatoms. The van der Waals surface area contributed by atoms with Crippen LogP contribution in [0.25, 0.3) is 0 Å². The lowest BCUT2D eigenvalue weighted by Crippen LogP contribution is -2.53. The summed E-state index contributed by atoms with van der Waals surface area (Å²) >= 11 is 7.69. The second-order valence-electron chi connectivity index (χ2n) is 6.00. The van der Waals surface area contributed by atoms with Crippen LogP contribution in [0.4, 0.5) is 5.69 Å². The molecule has 0 amide bonds. The molecule has 1 N–H and O–H groups in total. The van der Waals surface area contributed by atoms with Gasteiger partial charge in [-0.2, -0.15) is 11.8 Å². The third kappa shape index (κ3) is 4.31. The summed E-state index contributed by atoms with van der Waals surface area (Å²) in [7, 11) is 1.69. The highest BCUT2D eigenvalue weighted by Gasteiger charge is 2.26. The smallest absolute Gasteiger partial charge is 0.173 e. The molecule has 2 heterocycles. The Hall–Kier alpha value is -0.980. The average Bonchev–Trinajstić information content (AvgIpc) is 2.63. The van der Waals surface area contributed by atoms with Crippen LogP contribution >= 0.6 is 24.0 Å². The first kappa shape index (κ1) is 16.9. The van der Waals surface area contributed by atoms with Gasteiger partial charge in [0.1, 0.15) is 5.75 Å². The summed E-state index contributed by atoms with van der Waals surface area (Å²) in [6.07, 6.45) is 2.68. The molecule has 0 aliphatic carbocycles. The molecule has 0 aromatic heterocycles. The van der Waals surface area contributed by atoms with Crippen LogP contribution in [0.2, 0.25) is 0 Å². The van der Waals surface area contributed by atoms with Gasteiger partial charge in [0.25, 0.3) is 0 Å². The number of rotatable bonds is 3. The Balaban J connectivity index is 1.52. The van der Waals surface area contributed by atoms with Crippen LogP contribution in [-0.4, -0.2) is 65.7 Å². The number of nitrogens with one attached hydrogen (secondary N) is 1. The van der Waals surface area contributed by atoms with E-state index >= 15 is 0 Å². The molecule has 0 radical (unpaired) electrons. The van der Waals surface area contributed by atoms with Gasteiger partial charge >= 0.3 is 0 Å². The van der Waals surface area contributed by atoms with Crippen molar-refractivity contribution in [2.24, 2.45) is 0 Å². The topological polar surface area (TPSA) is 27.7 Å². The first-order chi connectivity index (χ1) is 11.3. The van der Waals surface area contributed by atoms with E-state index < -0.39 is 0 Å². The number of hydrogen-bond donors (Lipinski definition) is 1. The molecule has 0 spiro atoms. The second-order valence-corrected chi connectivity index (χ2v) is 7.61. The zero-order valence-corrected chi connectivity index (χ0v) is 15.3. The molecule has 2 saturated heterocycles. The zero-order chi connectivity index (χ0) is 16.1. The van der Waals surface area contributed by atoms with Crippen LogP contribution in [0.3, 0.4) is 0 Å². The van der Waals surface area contributed by atoms with Gasteiger partial charge in [-0.3, -0.25) is 4.90 Å². The number of benzene rings is 1. The van der Waals surface area contributed by atoms with Crippen LogP contribution in [-0.2, 0) is 0 Å². The Morgan fingerprint density at radius 3 is 2.57 bits per heavy atom. The van der Waals surface area contributed by atoms with E-state index in [-0.39, 0.29) is 0 Å². The lowest BCUT2D eigenvalue weighted by molar-refractivity contribution is 0.126. The van der Waals surface area contributed by atoms with E-state index in [0.717, 1.165) is 48.8 Å². The normalized spacial score (nSPS) is 20.3. The molecule has 0 bridgehead atoms. The van der Waals surface area contributed by atoms with Gasteiger partial charge in [-0.15, -0.1) is 0 Å². The van der Waals surface area contributed by atoms with E-state index in [1.807, 2.05) is 24.3 Å². The van der Waals surface area contributed by atoms with Crippen molar-refractivity contribution in [1.82, 2.24) is 9.80 Å². The van der Waals surface area contributed by atoms with Crippen molar-refractivity contribution >= 4 is 34.8 Å². The minimum absolute atomic E-state index is 0.786. The summed E-state index contributed by atoms with van der Waals surface area (Å²) in [4.78, 5) is 4.93. The fraction of sp³-hybridized carbons (Fsp3) is 0.588. The Kier molecular flexibility index (Phi) is 6.02. The Morgan fingerprint density at radius 1 is 1.17 bits per heavy atom. The summed E-state index contributed by atoms with van der Waals surface area (Å²) in [5.41, 5.74) is 0.937. The molecule has 1 aromatic carbocycles. The van der Waals surface area contributed by atoms with Gasteiger partial charge in [0.15, 0.2) is 5.11 Å². The van der Waals surface area contributed by atoms with Gasteiger partial charge in [0, 0.05) is 32.2 Å². The van der Waals surface area contributed by atoms with Gasteiger partial charge in [-0.1, -0.05) is 12.1 Å². The SMILES string of the molecule is COc1ccccc1NC(=S)N1CCN(C2CCSCC2)CC1. The lowest BCUT2D eigenvalue weighted by atomic mass is 10.1. The van der Waals surface area contributed by atoms with Crippen molar-refractivity contribution in [1.29, 1.82) is 0 Å². The number of piperazine rings is 1. The van der Waals surface area contributed by atoms with Gasteiger partial charge in [-0.25, -0.2) is 0 Å². The zero-order valence-electron chi connectivity index (χ0n) is 13.7. The van der Waals surface area contributed by atoms with Gasteiger partial charge in [0.05, 0.1) is 12.8 Å². The highest BCUT2D eigenvalue weighted by molar-refractivity contribution is 7.99. The monoisotopic (exact) mass is 351 g/mol. The molecule has 0 unspecified atom stereocenters.